The minimum atomic E-state index is 1.16. The lowest BCUT2D eigenvalue weighted by Gasteiger charge is -2.11. The number of para-hydroxylation sites is 6. The van der Waals surface area contributed by atoms with Crippen molar-refractivity contribution in [2.75, 3.05) is 0 Å². The third-order valence-electron chi connectivity index (χ3n) is 26.4. The van der Waals surface area contributed by atoms with E-state index in [0.29, 0.717) is 0 Å². The number of rotatable bonds is 11. The van der Waals surface area contributed by atoms with Gasteiger partial charge < -0.3 is 27.4 Å². The Morgan fingerprint density at radius 3 is 0.527 bits per heavy atom. The molecule has 129 heavy (non-hydrogen) atoms. The monoisotopic (exact) mass is 1650 g/mol. The molecule has 0 fully saturated rings. The second-order valence-electron chi connectivity index (χ2n) is 34.1. The van der Waals surface area contributed by atoms with Gasteiger partial charge in [-0.05, 0) is 222 Å². The average molecular weight is 1650 g/mol. The van der Waals surface area contributed by atoms with Crippen molar-refractivity contribution in [3.63, 3.8) is 0 Å². The van der Waals surface area contributed by atoms with Crippen molar-refractivity contribution in [1.82, 2.24) is 27.4 Å². The molecule has 20 aromatic carbocycles. The molecule has 6 heterocycles. The van der Waals surface area contributed by atoms with Crippen LogP contribution in [0.2, 0.25) is 0 Å². The molecule has 0 atom stereocenters. The Kier molecular flexibility index (Phi) is 18.5. The summed E-state index contributed by atoms with van der Waals surface area (Å²) in [6.07, 6.45) is 0. The van der Waals surface area contributed by atoms with Gasteiger partial charge in [-0.15, -0.1) is 0 Å². The average Bonchev–Trinajstić information content (AvgIpc) is 1.56. The third-order valence-corrected chi connectivity index (χ3v) is 26.4. The van der Waals surface area contributed by atoms with Gasteiger partial charge in [0.2, 0.25) is 0 Å². The number of nitrogens with zero attached hydrogens (tertiary/aromatic N) is 6. The summed E-state index contributed by atoms with van der Waals surface area (Å²) in [7, 11) is 0. The van der Waals surface area contributed by atoms with Crippen LogP contribution in [-0.4, -0.2) is 27.4 Å². The summed E-state index contributed by atoms with van der Waals surface area (Å²) in [5, 5.41) is 15.4. The first kappa shape index (κ1) is 75.9. The van der Waals surface area contributed by atoms with Crippen LogP contribution in [0, 0.1) is 20.8 Å². The van der Waals surface area contributed by atoms with Crippen LogP contribution in [0.25, 0.3) is 221 Å². The predicted octanol–water partition coefficient (Wildman–Crippen LogP) is 32.9. The molecule has 0 aliphatic heterocycles. The molecule has 26 aromatic rings. The molecule has 0 radical (unpaired) electrons. The number of benzene rings is 20. The highest BCUT2D eigenvalue weighted by Gasteiger charge is 2.26. The van der Waals surface area contributed by atoms with Crippen molar-refractivity contribution < 1.29 is 0 Å². The zero-order valence-corrected chi connectivity index (χ0v) is 71.6. The summed E-state index contributed by atoms with van der Waals surface area (Å²) in [6.45, 7) is 6.42. The fourth-order valence-electron chi connectivity index (χ4n) is 20.4. The number of hydrogen-bond acceptors (Lipinski definition) is 0. The van der Waals surface area contributed by atoms with Gasteiger partial charge in [0.05, 0.1) is 66.2 Å². The lowest BCUT2D eigenvalue weighted by atomic mass is 10.00. The van der Waals surface area contributed by atoms with E-state index in [4.69, 9.17) is 0 Å². The van der Waals surface area contributed by atoms with Gasteiger partial charge in [0, 0.05) is 98.8 Å². The van der Waals surface area contributed by atoms with Gasteiger partial charge in [0.1, 0.15) is 0 Å². The Morgan fingerprint density at radius 2 is 0.287 bits per heavy atom. The van der Waals surface area contributed by atoms with Crippen LogP contribution in [0.4, 0.5) is 0 Å². The minimum absolute atomic E-state index is 1.16. The number of aryl methyl sites for hydroxylation is 3. The van der Waals surface area contributed by atoms with Crippen molar-refractivity contribution in [3.8, 4) is 89.8 Å². The summed E-state index contributed by atoms with van der Waals surface area (Å²) in [4.78, 5) is 0. The van der Waals surface area contributed by atoms with Crippen LogP contribution >= 0.6 is 0 Å². The Labute approximate surface area is 747 Å². The second kappa shape index (κ2) is 31.5. The number of fused-ring (bicyclic) bond motifs is 21. The Morgan fingerprint density at radius 1 is 0.116 bits per heavy atom. The normalized spacial score (nSPS) is 11.7. The van der Waals surface area contributed by atoms with Crippen LogP contribution in [0.15, 0.2) is 467 Å². The van der Waals surface area contributed by atoms with E-state index in [0.717, 1.165) is 11.4 Å². The van der Waals surface area contributed by atoms with Crippen LogP contribution < -0.4 is 0 Å². The first-order valence-corrected chi connectivity index (χ1v) is 44.5. The first-order valence-electron chi connectivity index (χ1n) is 44.5. The maximum atomic E-state index is 2.43. The van der Waals surface area contributed by atoms with Crippen molar-refractivity contribution >= 4 is 131 Å². The minimum Gasteiger partial charge on any atom is -0.309 e. The number of hydrogen-bond donors (Lipinski definition) is 0. The zero-order chi connectivity index (χ0) is 85.7. The van der Waals surface area contributed by atoms with E-state index in [1.165, 1.54) is 226 Å². The summed E-state index contributed by atoms with van der Waals surface area (Å²) >= 11 is 0. The van der Waals surface area contributed by atoms with Gasteiger partial charge in [0.15, 0.2) is 0 Å². The molecule has 608 valence electrons. The van der Waals surface area contributed by atoms with Crippen molar-refractivity contribution in [2.45, 2.75) is 20.8 Å². The smallest absolute Gasteiger partial charge is 0.0548 e. The molecular weight excluding hydrogens is 1560 g/mol. The Hall–Kier alpha value is -16.8. The molecule has 6 heteroatoms. The maximum Gasteiger partial charge on any atom is 0.0548 e. The summed E-state index contributed by atoms with van der Waals surface area (Å²) in [6, 6.07) is 170. The van der Waals surface area contributed by atoms with E-state index in [1.807, 2.05) is 0 Å². The molecule has 0 N–H and O–H groups in total. The standard InChI is InChI=1S/2C43H30N2.C37H26N2/c1-29-18-24-34(25-19-29)44-38-16-7-5-14-36(38)42-40(44)26-27-41-43(42)37-15-6-8-17-39(37)45(41)35-13-9-12-33(28-35)32-22-20-31(21-23-32)30-10-3-2-4-11-30;1-29-15-23-34(24-16-29)44-38-13-7-5-11-36(38)42-40(44)27-28-41-43(42)37-12-6-8-14-39(37)45(41)35-25-21-33(22-26-35)32-19-17-31(18-20-32)30-9-3-2-4-10-30;1-25-18-20-28(21-19-25)38-32-16-7-5-14-30(32)36-34(38)22-23-35-37(36)31-15-6-8-17-33(31)39(35)29-13-9-12-27(24-29)26-10-3-2-4-11-26/h2*2-28H,1H3;2-24H,1H3. The summed E-state index contributed by atoms with van der Waals surface area (Å²) in [5.74, 6) is 0. The SMILES string of the molecule is Cc1ccc(-n2c3ccccc3c3c4c5ccccc5n(-c5ccc(-c6ccc(-c7ccccc7)cc6)cc5)c4ccc32)cc1.Cc1ccc(-n2c3ccccc3c3c4c5ccccc5n(-c5cccc(-c6ccc(-c7ccccc7)cc6)c5)c4ccc32)cc1.Cc1ccc(-n2c3ccccc3c3c4c5ccccc5n(-c5cccc(-c6ccccc6)c5)c4ccc32)cc1. The Balaban J connectivity index is 0.000000108. The molecule has 0 unspecified atom stereocenters. The lowest BCUT2D eigenvalue weighted by molar-refractivity contribution is 1.17. The molecule has 0 amide bonds. The van der Waals surface area contributed by atoms with Gasteiger partial charge in [-0.3, -0.25) is 0 Å². The lowest BCUT2D eigenvalue weighted by Crippen LogP contribution is -1.95. The Bertz CT molecular complexity index is 8810. The highest BCUT2D eigenvalue weighted by atomic mass is 15.0. The van der Waals surface area contributed by atoms with Crippen LogP contribution in [0.1, 0.15) is 16.7 Å². The third kappa shape index (κ3) is 12.9. The van der Waals surface area contributed by atoms with Crippen molar-refractivity contribution in [2.24, 2.45) is 0 Å². The largest absolute Gasteiger partial charge is 0.309 e. The fourth-order valence-corrected chi connectivity index (χ4v) is 20.4. The van der Waals surface area contributed by atoms with E-state index in [9.17, 15) is 0 Å². The zero-order valence-electron chi connectivity index (χ0n) is 71.6. The quantitative estimate of drug-likeness (QED) is 0.124. The topological polar surface area (TPSA) is 29.6 Å². The first-order chi connectivity index (χ1) is 63.8. The van der Waals surface area contributed by atoms with E-state index in [2.05, 4.69) is 515 Å². The second-order valence-corrected chi connectivity index (χ2v) is 34.1. The van der Waals surface area contributed by atoms with Crippen molar-refractivity contribution in [3.05, 3.63) is 484 Å². The van der Waals surface area contributed by atoms with Gasteiger partial charge in [-0.2, -0.15) is 0 Å². The van der Waals surface area contributed by atoms with Gasteiger partial charge in [-0.1, -0.05) is 338 Å². The van der Waals surface area contributed by atoms with Gasteiger partial charge in [0.25, 0.3) is 0 Å². The van der Waals surface area contributed by atoms with Gasteiger partial charge in [-0.25, -0.2) is 0 Å². The maximum absolute atomic E-state index is 2.43. The molecule has 6 aromatic heterocycles. The molecular formula is C123H86N6. The highest BCUT2D eigenvalue weighted by molar-refractivity contribution is 6.32. The molecule has 0 saturated heterocycles. The molecule has 0 spiro atoms. The van der Waals surface area contributed by atoms with Crippen molar-refractivity contribution in [1.29, 1.82) is 0 Å². The van der Waals surface area contributed by atoms with Gasteiger partial charge >= 0.3 is 0 Å². The van der Waals surface area contributed by atoms with E-state index < -0.39 is 0 Å². The molecule has 0 aliphatic carbocycles. The van der Waals surface area contributed by atoms with E-state index in [-0.39, 0.29) is 0 Å². The molecule has 26 rings (SSSR count). The van der Waals surface area contributed by atoms with Crippen LogP contribution in [0.5, 0.6) is 0 Å². The highest BCUT2D eigenvalue weighted by Crippen LogP contribution is 2.48. The van der Waals surface area contributed by atoms with E-state index in [1.54, 1.807) is 0 Å². The van der Waals surface area contributed by atoms with Crippen LogP contribution in [0.3, 0.4) is 0 Å². The molecule has 0 aliphatic rings. The van der Waals surface area contributed by atoms with E-state index >= 15 is 0 Å². The fraction of sp³-hybridized carbons (Fsp3) is 0.0244. The van der Waals surface area contributed by atoms with Crippen LogP contribution in [-0.2, 0) is 0 Å². The molecule has 6 nitrogen and oxygen atoms in total. The summed E-state index contributed by atoms with van der Waals surface area (Å²) in [5.41, 5.74) is 37.7. The predicted molar refractivity (Wildman–Crippen MR) is 547 cm³/mol. The molecule has 0 saturated carbocycles. The summed E-state index contributed by atoms with van der Waals surface area (Å²) < 4.78 is 14.5. The number of aromatic nitrogens is 6. The molecule has 0 bridgehead atoms.